The van der Waals surface area contributed by atoms with Gasteiger partial charge in [0.15, 0.2) is 5.82 Å². The van der Waals surface area contributed by atoms with Crippen LogP contribution in [0.15, 0.2) is 4.52 Å². The van der Waals surface area contributed by atoms with Crippen LogP contribution in [0.2, 0.25) is 0 Å². The SMILES string of the molecule is CNC(=O)[C@H]1CCCN1Cc1noc(C(C)(C)C)n1. The second-order valence-electron chi connectivity index (χ2n) is 6.01. The third-order valence-corrected chi connectivity index (χ3v) is 3.37. The van der Waals surface area contributed by atoms with Crippen LogP contribution >= 0.6 is 0 Å². The monoisotopic (exact) mass is 266 g/mol. The van der Waals surface area contributed by atoms with Gasteiger partial charge in [-0.05, 0) is 19.4 Å². The fraction of sp³-hybridized carbons (Fsp3) is 0.769. The lowest BCUT2D eigenvalue weighted by molar-refractivity contribution is -0.125. The molecule has 1 atom stereocenters. The summed E-state index contributed by atoms with van der Waals surface area (Å²) in [6.45, 7) is 7.57. The number of hydrogen-bond acceptors (Lipinski definition) is 5. The van der Waals surface area contributed by atoms with Crippen LogP contribution in [0.5, 0.6) is 0 Å². The molecule has 1 saturated heterocycles. The number of likely N-dealkylation sites (tertiary alicyclic amines) is 1. The first-order valence-corrected chi connectivity index (χ1v) is 6.70. The van der Waals surface area contributed by atoms with Gasteiger partial charge in [-0.3, -0.25) is 9.69 Å². The van der Waals surface area contributed by atoms with Crippen molar-refractivity contribution in [1.82, 2.24) is 20.4 Å². The van der Waals surface area contributed by atoms with Gasteiger partial charge >= 0.3 is 0 Å². The van der Waals surface area contributed by atoms with E-state index in [1.807, 2.05) is 20.8 Å². The van der Waals surface area contributed by atoms with E-state index in [0.29, 0.717) is 18.3 Å². The summed E-state index contributed by atoms with van der Waals surface area (Å²) >= 11 is 0. The molecule has 2 rings (SSSR count). The highest BCUT2D eigenvalue weighted by atomic mass is 16.5. The van der Waals surface area contributed by atoms with Crippen LogP contribution in [0, 0.1) is 0 Å². The molecule has 0 unspecified atom stereocenters. The third kappa shape index (κ3) is 3.12. The summed E-state index contributed by atoms with van der Waals surface area (Å²) in [6, 6.07) is -0.0680. The molecule has 6 heteroatoms. The molecule has 1 aromatic rings. The Kier molecular flexibility index (Phi) is 3.89. The third-order valence-electron chi connectivity index (χ3n) is 3.37. The smallest absolute Gasteiger partial charge is 0.237 e. The molecule has 2 heterocycles. The van der Waals surface area contributed by atoms with Crippen molar-refractivity contribution in [3.8, 4) is 0 Å². The van der Waals surface area contributed by atoms with Crippen molar-refractivity contribution in [3.63, 3.8) is 0 Å². The predicted molar refractivity (Wildman–Crippen MR) is 70.5 cm³/mol. The largest absolute Gasteiger partial charge is 0.358 e. The Labute approximate surface area is 113 Å². The summed E-state index contributed by atoms with van der Waals surface area (Å²) in [5.74, 6) is 1.36. The quantitative estimate of drug-likeness (QED) is 0.886. The summed E-state index contributed by atoms with van der Waals surface area (Å²) < 4.78 is 5.27. The van der Waals surface area contributed by atoms with Crippen molar-refractivity contribution in [3.05, 3.63) is 11.7 Å². The van der Waals surface area contributed by atoms with Gasteiger partial charge < -0.3 is 9.84 Å². The first kappa shape index (κ1) is 14.0. The Morgan fingerprint density at radius 1 is 1.53 bits per heavy atom. The van der Waals surface area contributed by atoms with Gasteiger partial charge in [0.05, 0.1) is 12.6 Å². The average molecular weight is 266 g/mol. The predicted octanol–water partition coefficient (Wildman–Crippen LogP) is 1.08. The molecule has 1 aliphatic rings. The van der Waals surface area contributed by atoms with E-state index in [1.165, 1.54) is 0 Å². The maximum Gasteiger partial charge on any atom is 0.237 e. The summed E-state index contributed by atoms with van der Waals surface area (Å²) in [5, 5.41) is 6.71. The molecule has 0 radical (unpaired) electrons. The molecule has 0 bridgehead atoms. The van der Waals surface area contributed by atoms with E-state index in [0.717, 1.165) is 19.4 Å². The highest BCUT2D eigenvalue weighted by Gasteiger charge is 2.31. The van der Waals surface area contributed by atoms with Crippen molar-refractivity contribution < 1.29 is 9.32 Å². The molecule has 6 nitrogen and oxygen atoms in total. The zero-order chi connectivity index (χ0) is 14.0. The fourth-order valence-corrected chi connectivity index (χ4v) is 2.28. The summed E-state index contributed by atoms with van der Waals surface area (Å²) in [6.07, 6.45) is 1.92. The number of carbonyl (C=O) groups excluding carboxylic acids is 1. The topological polar surface area (TPSA) is 71.3 Å². The van der Waals surface area contributed by atoms with Gasteiger partial charge in [-0.1, -0.05) is 25.9 Å². The normalized spacial score (nSPS) is 20.7. The molecule has 106 valence electrons. The van der Waals surface area contributed by atoms with E-state index in [4.69, 9.17) is 4.52 Å². The van der Waals surface area contributed by atoms with Gasteiger partial charge in [-0.15, -0.1) is 0 Å². The van der Waals surface area contributed by atoms with E-state index >= 15 is 0 Å². The van der Waals surface area contributed by atoms with Crippen LogP contribution in [-0.2, 0) is 16.8 Å². The second-order valence-corrected chi connectivity index (χ2v) is 6.01. The van der Waals surface area contributed by atoms with Gasteiger partial charge in [-0.25, -0.2) is 0 Å². The zero-order valence-corrected chi connectivity index (χ0v) is 12.1. The summed E-state index contributed by atoms with van der Waals surface area (Å²) in [7, 11) is 1.67. The van der Waals surface area contributed by atoms with Crippen LogP contribution in [0.4, 0.5) is 0 Å². The molecule has 1 aliphatic heterocycles. The van der Waals surface area contributed by atoms with E-state index in [1.54, 1.807) is 7.05 Å². The molecule has 1 aromatic heterocycles. The number of nitrogens with one attached hydrogen (secondary N) is 1. The Morgan fingerprint density at radius 3 is 2.84 bits per heavy atom. The Bertz CT molecular complexity index is 450. The van der Waals surface area contributed by atoms with Crippen molar-refractivity contribution in [2.45, 2.75) is 51.6 Å². The molecule has 19 heavy (non-hydrogen) atoms. The number of rotatable bonds is 3. The Balaban J connectivity index is 2.04. The maximum absolute atomic E-state index is 11.8. The van der Waals surface area contributed by atoms with Crippen LogP contribution in [0.25, 0.3) is 0 Å². The summed E-state index contributed by atoms with van der Waals surface area (Å²) in [4.78, 5) is 18.3. The van der Waals surface area contributed by atoms with Crippen molar-refractivity contribution >= 4 is 5.91 Å². The number of hydrogen-bond donors (Lipinski definition) is 1. The molecule has 0 aromatic carbocycles. The molecule has 1 amide bonds. The van der Waals surface area contributed by atoms with E-state index in [2.05, 4.69) is 20.4 Å². The van der Waals surface area contributed by atoms with Crippen molar-refractivity contribution in [2.24, 2.45) is 0 Å². The van der Waals surface area contributed by atoms with Gasteiger partial charge in [0.25, 0.3) is 0 Å². The highest BCUT2D eigenvalue weighted by molar-refractivity contribution is 5.81. The number of amides is 1. The van der Waals surface area contributed by atoms with Gasteiger partial charge in [0.2, 0.25) is 11.8 Å². The molecule has 0 aliphatic carbocycles. The zero-order valence-electron chi connectivity index (χ0n) is 12.1. The first-order valence-electron chi connectivity index (χ1n) is 6.70. The minimum atomic E-state index is -0.142. The average Bonchev–Trinajstić information content (AvgIpc) is 2.97. The fourth-order valence-electron chi connectivity index (χ4n) is 2.28. The lowest BCUT2D eigenvalue weighted by Gasteiger charge is -2.21. The van der Waals surface area contributed by atoms with E-state index in [-0.39, 0.29) is 17.4 Å². The number of carbonyl (C=O) groups is 1. The standard InChI is InChI=1S/C13H22N4O2/c1-13(2,3)12-15-10(16-19-12)8-17-7-5-6-9(17)11(18)14-4/h9H,5-8H2,1-4H3,(H,14,18)/t9-/m1/s1. The Hall–Kier alpha value is -1.43. The summed E-state index contributed by atoms with van der Waals surface area (Å²) in [5.41, 5.74) is -0.142. The van der Waals surface area contributed by atoms with Gasteiger partial charge in [0.1, 0.15) is 0 Å². The van der Waals surface area contributed by atoms with E-state index < -0.39 is 0 Å². The minimum Gasteiger partial charge on any atom is -0.358 e. The Morgan fingerprint density at radius 2 is 2.26 bits per heavy atom. The van der Waals surface area contributed by atoms with Crippen LogP contribution in [0.1, 0.15) is 45.3 Å². The lowest BCUT2D eigenvalue weighted by Crippen LogP contribution is -2.41. The molecule has 0 spiro atoms. The highest BCUT2D eigenvalue weighted by Crippen LogP contribution is 2.22. The molecular formula is C13H22N4O2. The molecule has 0 saturated carbocycles. The van der Waals surface area contributed by atoms with Gasteiger partial charge in [0, 0.05) is 12.5 Å². The molecular weight excluding hydrogens is 244 g/mol. The van der Waals surface area contributed by atoms with Crippen LogP contribution in [-0.4, -0.2) is 40.6 Å². The maximum atomic E-state index is 11.8. The number of aromatic nitrogens is 2. The minimum absolute atomic E-state index is 0.0667. The number of nitrogens with zero attached hydrogens (tertiary/aromatic N) is 3. The second kappa shape index (κ2) is 5.28. The van der Waals surface area contributed by atoms with Crippen LogP contribution in [0.3, 0.4) is 0 Å². The van der Waals surface area contributed by atoms with E-state index in [9.17, 15) is 4.79 Å². The van der Waals surface area contributed by atoms with Gasteiger partial charge in [-0.2, -0.15) is 4.98 Å². The lowest BCUT2D eigenvalue weighted by atomic mass is 9.97. The van der Waals surface area contributed by atoms with Crippen molar-refractivity contribution in [2.75, 3.05) is 13.6 Å². The molecule has 1 N–H and O–H groups in total. The number of likely N-dealkylation sites (N-methyl/N-ethyl adjacent to an activating group) is 1. The first-order chi connectivity index (χ1) is 8.91. The molecule has 1 fully saturated rings. The van der Waals surface area contributed by atoms with Crippen LogP contribution < -0.4 is 5.32 Å². The van der Waals surface area contributed by atoms with Crippen molar-refractivity contribution in [1.29, 1.82) is 0 Å².